The molecule has 1 atom stereocenters. The molecule has 0 aromatic heterocycles. The summed E-state index contributed by atoms with van der Waals surface area (Å²) in [4.78, 5) is 35.5. The number of rotatable bonds is 7. The highest BCUT2D eigenvalue weighted by Gasteiger charge is 2.19. The van der Waals surface area contributed by atoms with Gasteiger partial charge in [0.1, 0.15) is 5.75 Å². The van der Waals surface area contributed by atoms with Crippen LogP contribution in [0.3, 0.4) is 0 Å². The first-order valence-electron chi connectivity index (χ1n) is 8.80. The first kappa shape index (κ1) is 21.0. The second kappa shape index (κ2) is 9.55. The van der Waals surface area contributed by atoms with Crippen molar-refractivity contribution in [3.8, 4) is 5.75 Å². The van der Waals surface area contributed by atoms with Crippen molar-refractivity contribution in [2.24, 2.45) is 0 Å². The average Bonchev–Trinajstić information content (AvgIpc) is 2.63. The van der Waals surface area contributed by atoms with E-state index >= 15 is 0 Å². The number of benzene rings is 2. The predicted molar refractivity (Wildman–Crippen MR) is 106 cm³/mol. The molecular weight excluding hydrogens is 360 g/mol. The molecule has 0 spiro atoms. The van der Waals surface area contributed by atoms with Gasteiger partial charge >= 0.3 is 5.97 Å². The Balaban J connectivity index is 1.92. The van der Waals surface area contributed by atoms with Crippen molar-refractivity contribution in [3.63, 3.8) is 0 Å². The number of esters is 1. The lowest BCUT2D eigenvalue weighted by atomic mass is 10.1. The maximum atomic E-state index is 12.3. The molecule has 0 bridgehead atoms. The number of ether oxygens (including phenoxy) is 2. The van der Waals surface area contributed by atoms with Crippen LogP contribution in [0, 0.1) is 6.92 Å². The minimum Gasteiger partial charge on any atom is -0.495 e. The van der Waals surface area contributed by atoms with E-state index in [1.807, 2.05) is 13.0 Å². The molecule has 2 rings (SSSR count). The van der Waals surface area contributed by atoms with Crippen LogP contribution in [0.25, 0.3) is 0 Å². The van der Waals surface area contributed by atoms with Gasteiger partial charge < -0.3 is 20.1 Å². The van der Waals surface area contributed by atoms with E-state index in [1.54, 1.807) is 36.4 Å². The summed E-state index contributed by atoms with van der Waals surface area (Å²) in [6.45, 7) is 4.83. The molecule has 2 aromatic rings. The Morgan fingerprint density at radius 1 is 1.04 bits per heavy atom. The molecule has 2 aromatic carbocycles. The van der Waals surface area contributed by atoms with Crippen LogP contribution in [-0.2, 0) is 25.5 Å². The van der Waals surface area contributed by atoms with Gasteiger partial charge in [-0.05, 0) is 49.2 Å². The monoisotopic (exact) mass is 384 g/mol. The van der Waals surface area contributed by atoms with Gasteiger partial charge in [-0.2, -0.15) is 0 Å². The first-order valence-corrected chi connectivity index (χ1v) is 8.80. The maximum Gasteiger partial charge on any atom is 0.311 e. The van der Waals surface area contributed by atoms with Crippen molar-refractivity contribution in [2.45, 2.75) is 33.3 Å². The highest BCUT2D eigenvalue weighted by molar-refractivity contribution is 5.96. The molecule has 0 saturated carbocycles. The van der Waals surface area contributed by atoms with Crippen LogP contribution in [0.2, 0.25) is 0 Å². The molecule has 148 valence electrons. The van der Waals surface area contributed by atoms with Gasteiger partial charge in [0.25, 0.3) is 5.91 Å². The van der Waals surface area contributed by atoms with Crippen molar-refractivity contribution >= 4 is 29.2 Å². The van der Waals surface area contributed by atoms with E-state index < -0.39 is 18.0 Å². The number of aryl methyl sites for hydroxylation is 1. The largest absolute Gasteiger partial charge is 0.495 e. The van der Waals surface area contributed by atoms with Crippen molar-refractivity contribution in [3.05, 3.63) is 53.6 Å². The number of hydrogen-bond acceptors (Lipinski definition) is 5. The number of carbonyl (C=O) groups is 3. The lowest BCUT2D eigenvalue weighted by molar-refractivity contribution is -0.152. The minimum atomic E-state index is -0.962. The lowest BCUT2D eigenvalue weighted by Gasteiger charge is -2.15. The number of methoxy groups -OCH3 is 1. The SMILES string of the molecule is COc1ccc(C)cc1NC(=O)[C@@H](C)OC(=O)Cc1ccc(NC(C)=O)cc1. The molecule has 0 saturated heterocycles. The van der Waals surface area contributed by atoms with E-state index in [-0.39, 0.29) is 12.3 Å². The Labute approximate surface area is 164 Å². The van der Waals surface area contributed by atoms with Crippen LogP contribution in [-0.4, -0.2) is 31.0 Å². The van der Waals surface area contributed by atoms with Crippen molar-refractivity contribution in [2.75, 3.05) is 17.7 Å². The Kier molecular flexibility index (Phi) is 7.14. The van der Waals surface area contributed by atoms with Crippen molar-refractivity contribution in [1.29, 1.82) is 0 Å². The van der Waals surface area contributed by atoms with E-state index in [9.17, 15) is 14.4 Å². The Hall–Kier alpha value is -3.35. The Morgan fingerprint density at radius 3 is 2.32 bits per heavy atom. The van der Waals surface area contributed by atoms with E-state index in [1.165, 1.54) is 21.0 Å². The summed E-state index contributed by atoms with van der Waals surface area (Å²) < 4.78 is 10.5. The highest BCUT2D eigenvalue weighted by Crippen LogP contribution is 2.25. The maximum absolute atomic E-state index is 12.3. The van der Waals surface area contributed by atoms with Gasteiger partial charge in [-0.3, -0.25) is 14.4 Å². The summed E-state index contributed by atoms with van der Waals surface area (Å²) in [5, 5.41) is 5.37. The molecule has 7 nitrogen and oxygen atoms in total. The van der Waals surface area contributed by atoms with Crippen LogP contribution in [0.5, 0.6) is 5.75 Å². The first-order chi connectivity index (χ1) is 13.3. The molecule has 2 N–H and O–H groups in total. The molecule has 0 heterocycles. The second-order valence-corrected chi connectivity index (χ2v) is 6.38. The smallest absolute Gasteiger partial charge is 0.311 e. The molecule has 0 fully saturated rings. The zero-order chi connectivity index (χ0) is 20.7. The van der Waals surface area contributed by atoms with Crippen LogP contribution < -0.4 is 15.4 Å². The fraction of sp³-hybridized carbons (Fsp3) is 0.286. The van der Waals surface area contributed by atoms with Crippen LogP contribution in [0.1, 0.15) is 25.0 Å². The number of anilines is 2. The van der Waals surface area contributed by atoms with Gasteiger partial charge in [-0.1, -0.05) is 18.2 Å². The number of hydrogen-bond donors (Lipinski definition) is 2. The zero-order valence-corrected chi connectivity index (χ0v) is 16.4. The van der Waals surface area contributed by atoms with Crippen LogP contribution >= 0.6 is 0 Å². The molecule has 0 unspecified atom stereocenters. The summed E-state index contributed by atoms with van der Waals surface area (Å²) in [5.74, 6) is -0.613. The van der Waals surface area contributed by atoms with E-state index in [2.05, 4.69) is 10.6 Å². The highest BCUT2D eigenvalue weighted by atomic mass is 16.5. The number of carbonyl (C=O) groups excluding carboxylic acids is 3. The summed E-state index contributed by atoms with van der Waals surface area (Å²) in [7, 11) is 1.51. The number of nitrogens with one attached hydrogen (secondary N) is 2. The topological polar surface area (TPSA) is 93.7 Å². The second-order valence-electron chi connectivity index (χ2n) is 6.38. The minimum absolute atomic E-state index is 0.0196. The van der Waals surface area contributed by atoms with E-state index in [0.29, 0.717) is 22.7 Å². The summed E-state index contributed by atoms with van der Waals surface area (Å²) in [6.07, 6.45) is -0.942. The van der Waals surface area contributed by atoms with Crippen molar-refractivity contribution in [1.82, 2.24) is 0 Å². The van der Waals surface area contributed by atoms with Gasteiger partial charge in [-0.25, -0.2) is 0 Å². The third kappa shape index (κ3) is 6.12. The van der Waals surface area contributed by atoms with Gasteiger partial charge in [0.05, 0.1) is 19.2 Å². The van der Waals surface area contributed by atoms with Gasteiger partial charge in [0.15, 0.2) is 6.10 Å². The van der Waals surface area contributed by atoms with E-state index in [4.69, 9.17) is 9.47 Å². The molecule has 0 aliphatic carbocycles. The molecule has 28 heavy (non-hydrogen) atoms. The normalized spacial score (nSPS) is 11.3. The Bertz CT molecular complexity index is 862. The molecule has 0 radical (unpaired) electrons. The summed E-state index contributed by atoms with van der Waals surface area (Å²) in [5.41, 5.74) is 2.84. The van der Waals surface area contributed by atoms with Gasteiger partial charge in [0.2, 0.25) is 5.91 Å². The Morgan fingerprint density at radius 2 is 1.71 bits per heavy atom. The third-order valence-corrected chi connectivity index (χ3v) is 3.91. The summed E-state index contributed by atoms with van der Waals surface area (Å²) in [6, 6.07) is 12.2. The zero-order valence-electron chi connectivity index (χ0n) is 16.4. The lowest BCUT2D eigenvalue weighted by Crippen LogP contribution is -2.30. The quantitative estimate of drug-likeness (QED) is 0.716. The fourth-order valence-electron chi connectivity index (χ4n) is 2.52. The van der Waals surface area contributed by atoms with Gasteiger partial charge in [0, 0.05) is 12.6 Å². The van der Waals surface area contributed by atoms with Crippen molar-refractivity contribution < 1.29 is 23.9 Å². The molecule has 0 aliphatic rings. The van der Waals surface area contributed by atoms with Gasteiger partial charge in [-0.15, -0.1) is 0 Å². The summed E-state index contributed by atoms with van der Waals surface area (Å²) >= 11 is 0. The average molecular weight is 384 g/mol. The molecule has 2 amide bonds. The number of amides is 2. The fourth-order valence-corrected chi connectivity index (χ4v) is 2.52. The molecular formula is C21H24N2O5. The standard InChI is InChI=1S/C21H24N2O5/c1-13-5-10-19(27-4)18(11-13)23-21(26)14(2)28-20(25)12-16-6-8-17(9-7-16)22-15(3)24/h5-11,14H,12H2,1-4H3,(H,22,24)(H,23,26)/t14-/m1/s1. The van der Waals surface area contributed by atoms with E-state index in [0.717, 1.165) is 5.56 Å². The van der Waals surface area contributed by atoms with Crippen LogP contribution in [0.4, 0.5) is 11.4 Å². The third-order valence-electron chi connectivity index (χ3n) is 3.91. The molecule has 0 aliphatic heterocycles. The van der Waals surface area contributed by atoms with Crippen LogP contribution in [0.15, 0.2) is 42.5 Å². The molecule has 7 heteroatoms. The predicted octanol–water partition coefficient (Wildman–Crippen LogP) is 3.07.